The lowest BCUT2D eigenvalue weighted by molar-refractivity contribution is -0.133. The van der Waals surface area contributed by atoms with Crippen LogP contribution < -0.4 is 5.73 Å². The summed E-state index contributed by atoms with van der Waals surface area (Å²) in [6.45, 7) is 0. The molecule has 156 valence electrons. The molecular formula is C22H30N4O3. The van der Waals surface area contributed by atoms with Crippen molar-refractivity contribution < 1.29 is 14.3 Å². The van der Waals surface area contributed by atoms with Gasteiger partial charge in [-0.2, -0.15) is 0 Å². The molecule has 1 spiro atoms. The van der Waals surface area contributed by atoms with Crippen molar-refractivity contribution in [2.45, 2.75) is 43.7 Å². The molecule has 7 heteroatoms. The maximum atomic E-state index is 13.5. The zero-order chi connectivity index (χ0) is 20.9. The van der Waals surface area contributed by atoms with E-state index in [1.807, 2.05) is 18.2 Å². The number of amides is 2. The lowest BCUT2D eigenvalue weighted by atomic mass is 9.70. The summed E-state index contributed by atoms with van der Waals surface area (Å²) in [5, 5.41) is 0. The first-order chi connectivity index (χ1) is 13.8. The molecule has 3 aliphatic rings. The summed E-state index contributed by atoms with van der Waals surface area (Å²) < 4.78 is 5.65. The van der Waals surface area contributed by atoms with Crippen LogP contribution in [-0.4, -0.2) is 61.9 Å². The van der Waals surface area contributed by atoms with E-state index in [9.17, 15) is 9.59 Å². The number of guanidine groups is 1. The van der Waals surface area contributed by atoms with Crippen molar-refractivity contribution in [1.29, 1.82) is 0 Å². The smallest absolute Gasteiger partial charge is 0.262 e. The molecule has 0 aromatic heterocycles. The lowest BCUT2D eigenvalue weighted by Gasteiger charge is -2.38. The summed E-state index contributed by atoms with van der Waals surface area (Å²) in [7, 11) is 6.89. The molecule has 7 nitrogen and oxygen atoms in total. The molecule has 4 rings (SSSR count). The van der Waals surface area contributed by atoms with E-state index in [0.29, 0.717) is 11.5 Å². The Bertz CT molecular complexity index is 881. The summed E-state index contributed by atoms with van der Waals surface area (Å²) in [4.78, 5) is 33.9. The zero-order valence-corrected chi connectivity index (χ0v) is 17.6. The van der Waals surface area contributed by atoms with Gasteiger partial charge in [0.1, 0.15) is 0 Å². The number of fused-ring (bicyclic) bond motifs is 2. The van der Waals surface area contributed by atoms with Gasteiger partial charge < -0.3 is 15.4 Å². The molecule has 1 saturated carbocycles. The van der Waals surface area contributed by atoms with Crippen molar-refractivity contribution in [2.75, 3.05) is 28.3 Å². The molecule has 1 aromatic rings. The van der Waals surface area contributed by atoms with Crippen molar-refractivity contribution in [2.24, 2.45) is 22.6 Å². The average molecular weight is 399 g/mol. The number of hydrogen-bond acceptors (Lipinski definition) is 5. The topological polar surface area (TPSA) is 88.2 Å². The number of ether oxygens (including phenoxy) is 1. The number of carbonyl (C=O) groups excluding carboxylic acids is 2. The fourth-order valence-electron chi connectivity index (χ4n) is 5.43. The fraction of sp³-hybridized carbons (Fsp3) is 0.591. The van der Waals surface area contributed by atoms with Crippen LogP contribution in [0.3, 0.4) is 0 Å². The van der Waals surface area contributed by atoms with E-state index < -0.39 is 5.54 Å². The number of benzene rings is 1. The first-order valence-corrected chi connectivity index (χ1v) is 10.3. The number of methoxy groups -OCH3 is 1. The number of hydrogen-bond donors (Lipinski definition) is 1. The predicted octanol–water partition coefficient (Wildman–Crippen LogP) is 1.75. The number of carbonyl (C=O) groups is 2. The molecule has 2 N–H and O–H groups in total. The number of nitrogens with zero attached hydrogens (tertiary/aromatic N) is 3. The Morgan fingerprint density at radius 3 is 2.72 bits per heavy atom. The molecule has 0 radical (unpaired) electrons. The normalized spacial score (nSPS) is 31.2. The van der Waals surface area contributed by atoms with E-state index in [2.05, 4.69) is 0 Å². The molecule has 2 amide bonds. The second-order valence-corrected chi connectivity index (χ2v) is 8.77. The molecule has 1 aromatic carbocycles. The van der Waals surface area contributed by atoms with E-state index in [1.54, 1.807) is 33.2 Å². The summed E-state index contributed by atoms with van der Waals surface area (Å²) in [5.74, 6) is 0.417. The van der Waals surface area contributed by atoms with Gasteiger partial charge in [-0.25, -0.2) is 4.99 Å². The van der Waals surface area contributed by atoms with Gasteiger partial charge in [-0.3, -0.25) is 14.5 Å². The number of nitrogens with two attached hydrogens (primary N) is 1. The zero-order valence-electron chi connectivity index (χ0n) is 17.6. The van der Waals surface area contributed by atoms with Crippen molar-refractivity contribution in [3.8, 4) is 0 Å². The van der Waals surface area contributed by atoms with Crippen molar-refractivity contribution >= 4 is 17.8 Å². The Morgan fingerprint density at radius 2 is 2.10 bits per heavy atom. The van der Waals surface area contributed by atoms with Crippen LogP contribution in [0.15, 0.2) is 23.2 Å². The van der Waals surface area contributed by atoms with Crippen molar-refractivity contribution in [1.82, 2.24) is 9.80 Å². The fourth-order valence-corrected chi connectivity index (χ4v) is 5.43. The van der Waals surface area contributed by atoms with Crippen LogP contribution in [0.5, 0.6) is 0 Å². The number of rotatable bonds is 3. The molecule has 4 atom stereocenters. The Balaban J connectivity index is 1.82. The molecule has 1 fully saturated rings. The van der Waals surface area contributed by atoms with Crippen molar-refractivity contribution in [3.05, 3.63) is 34.9 Å². The van der Waals surface area contributed by atoms with Crippen LogP contribution in [0.1, 0.15) is 47.2 Å². The molecule has 2 aliphatic carbocycles. The van der Waals surface area contributed by atoms with Crippen LogP contribution in [0.25, 0.3) is 0 Å². The monoisotopic (exact) mass is 398 g/mol. The molecule has 4 unspecified atom stereocenters. The van der Waals surface area contributed by atoms with E-state index >= 15 is 0 Å². The van der Waals surface area contributed by atoms with Gasteiger partial charge in [0.25, 0.3) is 11.8 Å². The van der Waals surface area contributed by atoms with E-state index in [4.69, 9.17) is 15.5 Å². The Hall–Kier alpha value is -2.41. The van der Waals surface area contributed by atoms with Crippen LogP contribution in [-0.2, 0) is 21.5 Å². The molecule has 29 heavy (non-hydrogen) atoms. The van der Waals surface area contributed by atoms with Crippen LogP contribution in [0, 0.1) is 11.8 Å². The minimum absolute atomic E-state index is 0.0242. The van der Waals surface area contributed by atoms with E-state index in [1.165, 1.54) is 4.90 Å². The SMILES string of the molecule is COC1CCCC(C2Cc3ccc(C(=O)N(C)C)cc3C23N=C(N)N(C)C3=O)C1. The average Bonchev–Trinajstić information content (AvgIpc) is 3.17. The van der Waals surface area contributed by atoms with Gasteiger partial charge in [-0.15, -0.1) is 0 Å². The second kappa shape index (κ2) is 7.13. The molecule has 0 bridgehead atoms. The lowest BCUT2D eigenvalue weighted by Crippen LogP contribution is -2.46. The van der Waals surface area contributed by atoms with E-state index in [0.717, 1.165) is 43.2 Å². The maximum absolute atomic E-state index is 13.5. The molecular weight excluding hydrogens is 368 g/mol. The van der Waals surface area contributed by atoms with Gasteiger partial charge in [-0.1, -0.05) is 12.5 Å². The highest BCUT2D eigenvalue weighted by Gasteiger charge is 2.59. The van der Waals surface area contributed by atoms with Gasteiger partial charge in [-0.05, 0) is 54.9 Å². The van der Waals surface area contributed by atoms with Gasteiger partial charge in [0.05, 0.1) is 6.10 Å². The number of likely N-dealkylation sites (N-methyl/N-ethyl adjacent to an activating group) is 1. The third-order valence-corrected chi connectivity index (χ3v) is 6.98. The number of aliphatic imine (C=N–C) groups is 1. The second-order valence-electron chi connectivity index (χ2n) is 8.77. The predicted molar refractivity (Wildman–Crippen MR) is 110 cm³/mol. The minimum atomic E-state index is -1.03. The first kappa shape index (κ1) is 19.9. The van der Waals surface area contributed by atoms with Crippen molar-refractivity contribution in [3.63, 3.8) is 0 Å². The van der Waals surface area contributed by atoms with E-state index in [-0.39, 0.29) is 29.8 Å². The first-order valence-electron chi connectivity index (χ1n) is 10.3. The minimum Gasteiger partial charge on any atom is -0.381 e. The highest BCUT2D eigenvalue weighted by molar-refractivity contribution is 6.08. The highest BCUT2D eigenvalue weighted by Crippen LogP contribution is 2.53. The maximum Gasteiger partial charge on any atom is 0.262 e. The highest BCUT2D eigenvalue weighted by atomic mass is 16.5. The third kappa shape index (κ3) is 2.94. The summed E-state index contributed by atoms with van der Waals surface area (Å²) in [6, 6.07) is 5.70. The van der Waals surface area contributed by atoms with Gasteiger partial charge >= 0.3 is 0 Å². The summed E-state index contributed by atoms with van der Waals surface area (Å²) in [5.41, 5.74) is 7.60. The largest absolute Gasteiger partial charge is 0.381 e. The Morgan fingerprint density at radius 1 is 1.34 bits per heavy atom. The molecule has 0 saturated heterocycles. The third-order valence-electron chi connectivity index (χ3n) is 6.98. The van der Waals surface area contributed by atoms with Crippen LogP contribution in [0.4, 0.5) is 0 Å². The molecule has 1 heterocycles. The van der Waals surface area contributed by atoms with Crippen LogP contribution in [0.2, 0.25) is 0 Å². The Labute approximate surface area is 171 Å². The standard InChI is InChI=1S/C22H30N4O3/c1-25(2)19(27)15-9-8-14-11-17(13-6-5-7-16(10-13)29-4)22(18(14)12-15)20(28)26(3)21(23)24-22/h8-9,12-13,16-17H,5-7,10-11H2,1-4H3,(H2,23,24). The van der Waals surface area contributed by atoms with Gasteiger partial charge in [0.15, 0.2) is 11.5 Å². The quantitative estimate of drug-likeness (QED) is 0.840. The summed E-state index contributed by atoms with van der Waals surface area (Å²) >= 11 is 0. The summed E-state index contributed by atoms with van der Waals surface area (Å²) in [6.07, 6.45) is 5.10. The van der Waals surface area contributed by atoms with Crippen LogP contribution >= 0.6 is 0 Å². The Kier molecular flexibility index (Phi) is 4.89. The van der Waals surface area contributed by atoms with Gasteiger partial charge in [0.2, 0.25) is 0 Å². The molecule has 1 aliphatic heterocycles. The van der Waals surface area contributed by atoms with Gasteiger partial charge in [0, 0.05) is 39.7 Å².